The average molecular weight is 477 g/mol. The first kappa shape index (κ1) is 24.2. The lowest BCUT2D eigenvalue weighted by molar-refractivity contribution is -0.125. The van der Waals surface area contributed by atoms with E-state index in [1.54, 1.807) is 18.2 Å². The smallest absolute Gasteiger partial charge is 0.243 e. The van der Waals surface area contributed by atoms with E-state index in [-0.39, 0.29) is 16.7 Å². The number of hydrogen-bond donors (Lipinski definition) is 1. The van der Waals surface area contributed by atoms with Crippen LogP contribution in [0.15, 0.2) is 23.1 Å². The molecule has 0 radical (unpaired) electrons. The Morgan fingerprint density at radius 2 is 1.67 bits per heavy atom. The Morgan fingerprint density at radius 3 is 2.33 bits per heavy atom. The molecule has 1 atom stereocenters. The molecule has 3 aliphatic heterocycles. The van der Waals surface area contributed by atoms with Crippen LogP contribution in [0.2, 0.25) is 0 Å². The van der Waals surface area contributed by atoms with E-state index in [1.165, 1.54) is 41.8 Å². The summed E-state index contributed by atoms with van der Waals surface area (Å²) < 4.78 is 27.4. The number of amides is 2. The maximum Gasteiger partial charge on any atom is 0.243 e. The standard InChI is InChI=1S/C24H36N4O4S/c1-19(29)28-22-10-9-21(33(31,32)27-15-6-7-16-27)17-20(22)18-23(28)24(30)25-11-8-14-26-12-4-2-3-5-13-26/h9-10,17,23H,2-8,11-16,18H2,1H3,(H,25,30)/t23-/m1/s1. The molecule has 0 bridgehead atoms. The summed E-state index contributed by atoms with van der Waals surface area (Å²) in [6.07, 6.45) is 8.06. The fraction of sp³-hybridized carbons (Fsp3) is 0.667. The molecule has 4 rings (SSSR count). The van der Waals surface area contributed by atoms with E-state index >= 15 is 0 Å². The van der Waals surface area contributed by atoms with E-state index in [9.17, 15) is 18.0 Å². The number of anilines is 1. The zero-order chi connectivity index (χ0) is 23.4. The highest BCUT2D eigenvalue weighted by molar-refractivity contribution is 7.89. The number of likely N-dealkylation sites (tertiary alicyclic amines) is 1. The highest BCUT2D eigenvalue weighted by Crippen LogP contribution is 2.35. The first-order valence-electron chi connectivity index (χ1n) is 12.3. The van der Waals surface area contributed by atoms with E-state index in [4.69, 9.17) is 0 Å². The van der Waals surface area contributed by atoms with Crippen LogP contribution in [0.1, 0.15) is 57.4 Å². The van der Waals surface area contributed by atoms with Crippen LogP contribution in [-0.4, -0.2) is 74.7 Å². The minimum absolute atomic E-state index is 0.179. The predicted molar refractivity (Wildman–Crippen MR) is 128 cm³/mol. The number of carbonyl (C=O) groups excluding carboxylic acids is 2. The number of hydrogen-bond acceptors (Lipinski definition) is 5. The van der Waals surface area contributed by atoms with Crippen molar-refractivity contribution in [1.29, 1.82) is 0 Å². The molecule has 1 aromatic rings. The Morgan fingerprint density at radius 1 is 1.00 bits per heavy atom. The molecule has 3 aliphatic rings. The van der Waals surface area contributed by atoms with Crippen molar-refractivity contribution in [1.82, 2.24) is 14.5 Å². The first-order chi connectivity index (χ1) is 15.9. The SMILES string of the molecule is CC(=O)N1c2ccc(S(=O)(=O)N3CCCC3)cc2C[C@@H]1C(=O)NCCCN1CCCCCC1. The molecule has 0 spiro atoms. The number of rotatable bonds is 7. The minimum Gasteiger partial charge on any atom is -0.354 e. The molecule has 3 heterocycles. The fourth-order valence-electron chi connectivity index (χ4n) is 5.26. The average Bonchev–Trinajstić information content (AvgIpc) is 3.39. The molecular weight excluding hydrogens is 440 g/mol. The lowest BCUT2D eigenvalue weighted by atomic mass is 10.1. The van der Waals surface area contributed by atoms with Crippen LogP contribution >= 0.6 is 0 Å². The van der Waals surface area contributed by atoms with Gasteiger partial charge in [-0.1, -0.05) is 12.8 Å². The normalized spacial score (nSPS) is 22.2. The third-order valence-electron chi connectivity index (χ3n) is 7.03. The number of fused-ring (bicyclic) bond motifs is 1. The van der Waals surface area contributed by atoms with E-state index < -0.39 is 16.1 Å². The third kappa shape index (κ3) is 5.41. The summed E-state index contributed by atoms with van der Waals surface area (Å²) in [7, 11) is -3.54. The Balaban J connectivity index is 1.39. The topological polar surface area (TPSA) is 90.0 Å². The van der Waals surface area contributed by atoms with Crippen LogP contribution in [0, 0.1) is 0 Å². The minimum atomic E-state index is -3.54. The molecule has 0 aromatic heterocycles. The van der Waals surface area contributed by atoms with Crippen molar-refractivity contribution < 1.29 is 18.0 Å². The van der Waals surface area contributed by atoms with Gasteiger partial charge < -0.3 is 10.2 Å². The predicted octanol–water partition coefficient (Wildman–Crippen LogP) is 2.13. The second-order valence-corrected chi connectivity index (χ2v) is 11.3. The number of nitrogens with one attached hydrogen (secondary N) is 1. The van der Waals surface area contributed by atoms with Crippen molar-refractivity contribution in [3.63, 3.8) is 0 Å². The van der Waals surface area contributed by atoms with Crippen molar-refractivity contribution in [3.05, 3.63) is 23.8 Å². The van der Waals surface area contributed by atoms with Crippen LogP contribution in [-0.2, 0) is 26.0 Å². The quantitative estimate of drug-likeness (QED) is 0.609. The second-order valence-electron chi connectivity index (χ2n) is 9.41. The lowest BCUT2D eigenvalue weighted by Crippen LogP contribution is -2.47. The molecule has 33 heavy (non-hydrogen) atoms. The van der Waals surface area contributed by atoms with Crippen LogP contribution in [0.4, 0.5) is 5.69 Å². The first-order valence-corrected chi connectivity index (χ1v) is 13.7. The number of sulfonamides is 1. The Labute approximate surface area is 197 Å². The molecule has 1 aromatic carbocycles. The van der Waals surface area contributed by atoms with Gasteiger partial charge >= 0.3 is 0 Å². The van der Waals surface area contributed by atoms with Crippen molar-refractivity contribution in [2.24, 2.45) is 0 Å². The Bertz CT molecular complexity index is 967. The molecule has 0 saturated carbocycles. The summed E-state index contributed by atoms with van der Waals surface area (Å²) in [6.45, 7) is 6.34. The van der Waals surface area contributed by atoms with Gasteiger partial charge in [0, 0.05) is 38.7 Å². The second kappa shape index (κ2) is 10.5. The molecule has 8 nitrogen and oxygen atoms in total. The molecule has 2 fully saturated rings. The highest BCUT2D eigenvalue weighted by Gasteiger charge is 2.38. The van der Waals surface area contributed by atoms with Gasteiger partial charge in [-0.05, 0) is 75.5 Å². The van der Waals surface area contributed by atoms with E-state index in [2.05, 4.69) is 10.2 Å². The van der Waals surface area contributed by atoms with E-state index in [1.807, 2.05) is 0 Å². The van der Waals surface area contributed by atoms with Gasteiger partial charge in [0.1, 0.15) is 6.04 Å². The Hall–Kier alpha value is -1.97. The van der Waals surface area contributed by atoms with Crippen molar-refractivity contribution in [2.45, 2.75) is 69.2 Å². The van der Waals surface area contributed by atoms with Crippen LogP contribution in [0.3, 0.4) is 0 Å². The van der Waals surface area contributed by atoms with Gasteiger partial charge in [0.05, 0.1) is 4.90 Å². The van der Waals surface area contributed by atoms with Crippen LogP contribution in [0.25, 0.3) is 0 Å². The summed E-state index contributed by atoms with van der Waals surface area (Å²) in [5, 5.41) is 3.00. The summed E-state index contributed by atoms with van der Waals surface area (Å²) >= 11 is 0. The highest BCUT2D eigenvalue weighted by atomic mass is 32.2. The number of benzene rings is 1. The lowest BCUT2D eigenvalue weighted by Gasteiger charge is -2.24. The molecule has 2 saturated heterocycles. The third-order valence-corrected chi connectivity index (χ3v) is 8.92. The summed E-state index contributed by atoms with van der Waals surface area (Å²) in [5.74, 6) is -0.394. The van der Waals surface area contributed by atoms with Crippen molar-refractivity contribution in [3.8, 4) is 0 Å². The monoisotopic (exact) mass is 476 g/mol. The molecule has 0 aliphatic carbocycles. The largest absolute Gasteiger partial charge is 0.354 e. The molecular formula is C24H36N4O4S. The van der Waals surface area contributed by atoms with Crippen LogP contribution < -0.4 is 10.2 Å². The maximum absolute atomic E-state index is 13.0. The molecule has 1 N–H and O–H groups in total. The molecule has 9 heteroatoms. The molecule has 182 valence electrons. The van der Waals surface area contributed by atoms with Gasteiger partial charge in [0.15, 0.2) is 0 Å². The summed E-state index contributed by atoms with van der Waals surface area (Å²) in [4.78, 5) is 29.6. The van der Waals surface area contributed by atoms with Gasteiger partial charge in [-0.2, -0.15) is 4.31 Å². The van der Waals surface area contributed by atoms with Crippen LogP contribution in [0.5, 0.6) is 0 Å². The summed E-state index contributed by atoms with van der Waals surface area (Å²) in [5.41, 5.74) is 1.36. The Kier molecular flexibility index (Phi) is 7.71. The molecule has 0 unspecified atom stereocenters. The van der Waals surface area contributed by atoms with Gasteiger partial charge in [-0.25, -0.2) is 8.42 Å². The van der Waals surface area contributed by atoms with E-state index in [0.717, 1.165) is 44.5 Å². The van der Waals surface area contributed by atoms with Crippen molar-refractivity contribution in [2.75, 3.05) is 44.2 Å². The zero-order valence-corrected chi connectivity index (χ0v) is 20.4. The molecule has 2 amide bonds. The fourth-order valence-corrected chi connectivity index (χ4v) is 6.83. The van der Waals surface area contributed by atoms with E-state index in [0.29, 0.717) is 31.7 Å². The number of carbonyl (C=O) groups is 2. The van der Waals surface area contributed by atoms with Gasteiger partial charge in [0.25, 0.3) is 0 Å². The van der Waals surface area contributed by atoms with Crippen molar-refractivity contribution >= 4 is 27.5 Å². The number of nitrogens with zero attached hydrogens (tertiary/aromatic N) is 3. The van der Waals surface area contributed by atoms with Gasteiger partial charge in [-0.3, -0.25) is 14.5 Å². The van der Waals surface area contributed by atoms with Gasteiger partial charge in [0.2, 0.25) is 21.8 Å². The van der Waals surface area contributed by atoms with Gasteiger partial charge in [-0.15, -0.1) is 0 Å². The maximum atomic E-state index is 13.0. The summed E-state index contributed by atoms with van der Waals surface area (Å²) in [6, 6.07) is 4.24. The zero-order valence-electron chi connectivity index (χ0n) is 19.6.